The highest BCUT2D eigenvalue weighted by molar-refractivity contribution is 6.10. The highest BCUT2D eigenvalue weighted by Crippen LogP contribution is 2.58. The maximum atomic E-state index is 2.43. The fourth-order valence-electron chi connectivity index (χ4n) is 7.46. The third-order valence-electron chi connectivity index (χ3n) is 9.39. The van der Waals surface area contributed by atoms with Crippen LogP contribution in [0.5, 0.6) is 0 Å². The molecule has 1 aliphatic carbocycles. The van der Waals surface area contributed by atoms with Crippen LogP contribution in [-0.4, -0.2) is 9.13 Å². The summed E-state index contributed by atoms with van der Waals surface area (Å²) in [6.45, 7) is 0. The number of benzene rings is 6. The molecule has 0 amide bonds. The average Bonchev–Trinajstić information content (AvgIpc) is 3.58. The molecule has 2 nitrogen and oxygen atoms in total. The van der Waals surface area contributed by atoms with E-state index >= 15 is 0 Å². The first kappa shape index (κ1) is 24.9. The van der Waals surface area contributed by atoms with Crippen LogP contribution in [0.25, 0.3) is 56.0 Å². The lowest BCUT2D eigenvalue weighted by atomic mass is 9.60. The van der Waals surface area contributed by atoms with Crippen molar-refractivity contribution in [3.8, 4) is 0 Å². The van der Waals surface area contributed by atoms with Crippen LogP contribution in [0, 0.1) is 0 Å². The molecule has 1 aliphatic rings. The Hall–Kier alpha value is -5.60. The Labute approximate surface area is 256 Å². The van der Waals surface area contributed by atoms with E-state index in [0.717, 1.165) is 0 Å². The van der Waals surface area contributed by atoms with Gasteiger partial charge in [0, 0.05) is 45.8 Å². The fourth-order valence-corrected chi connectivity index (χ4v) is 7.46. The molecular formula is C42H30N2. The predicted octanol–water partition coefficient (Wildman–Crippen LogP) is 10.9. The van der Waals surface area contributed by atoms with Crippen molar-refractivity contribution in [3.05, 3.63) is 180 Å². The highest BCUT2D eigenvalue weighted by Gasteiger charge is 2.43. The van der Waals surface area contributed by atoms with Crippen molar-refractivity contribution in [2.45, 2.75) is 11.8 Å². The van der Waals surface area contributed by atoms with Crippen molar-refractivity contribution in [1.29, 1.82) is 0 Å². The van der Waals surface area contributed by atoms with E-state index in [9.17, 15) is 0 Å². The number of fused-ring (bicyclic) bond motifs is 6. The molecule has 9 rings (SSSR count). The van der Waals surface area contributed by atoms with Crippen LogP contribution < -0.4 is 0 Å². The van der Waals surface area contributed by atoms with Gasteiger partial charge in [-0.05, 0) is 46.5 Å². The quantitative estimate of drug-likeness (QED) is 0.202. The molecule has 0 N–H and O–H groups in total. The van der Waals surface area contributed by atoms with Crippen LogP contribution in [0.3, 0.4) is 0 Å². The molecule has 2 heterocycles. The summed E-state index contributed by atoms with van der Waals surface area (Å²) in [5.41, 5.74) is 10.4. The first-order valence-corrected chi connectivity index (χ1v) is 15.4. The lowest BCUT2D eigenvalue weighted by Gasteiger charge is -2.43. The van der Waals surface area contributed by atoms with Gasteiger partial charge in [0.15, 0.2) is 0 Å². The molecule has 0 bridgehead atoms. The molecule has 0 atom stereocenters. The molecule has 0 saturated heterocycles. The summed E-state index contributed by atoms with van der Waals surface area (Å²) >= 11 is 0. The SMILES string of the molecule is C(=C1C(c2ccccc2)C(=Cn2c3ccccc3c3ccccc32)C1c1ccccc1)n1c2ccccc2c2ccccc21. The minimum absolute atomic E-state index is 0.154. The van der Waals surface area contributed by atoms with Gasteiger partial charge < -0.3 is 9.13 Å². The molecule has 2 aromatic heterocycles. The Kier molecular flexibility index (Phi) is 5.67. The average molecular weight is 563 g/mol. The van der Waals surface area contributed by atoms with Gasteiger partial charge in [0.2, 0.25) is 0 Å². The highest BCUT2D eigenvalue weighted by atomic mass is 15.0. The van der Waals surface area contributed by atoms with Crippen molar-refractivity contribution in [1.82, 2.24) is 9.13 Å². The number of aromatic nitrogens is 2. The van der Waals surface area contributed by atoms with Crippen LogP contribution >= 0.6 is 0 Å². The van der Waals surface area contributed by atoms with E-state index < -0.39 is 0 Å². The van der Waals surface area contributed by atoms with E-state index in [0.29, 0.717) is 0 Å². The van der Waals surface area contributed by atoms with Crippen LogP contribution in [-0.2, 0) is 0 Å². The number of nitrogens with zero attached hydrogens (tertiary/aromatic N) is 2. The Balaban J connectivity index is 1.34. The van der Waals surface area contributed by atoms with E-state index in [1.165, 1.54) is 65.9 Å². The number of rotatable bonds is 4. The first-order valence-electron chi connectivity index (χ1n) is 15.4. The number of allylic oxidation sites excluding steroid dienone is 2. The molecule has 1 fully saturated rings. The summed E-state index contributed by atoms with van der Waals surface area (Å²) in [5.74, 6) is 0.308. The molecule has 6 aromatic carbocycles. The van der Waals surface area contributed by atoms with Crippen molar-refractivity contribution < 1.29 is 0 Å². The van der Waals surface area contributed by atoms with E-state index in [-0.39, 0.29) is 11.8 Å². The molecule has 0 radical (unpaired) electrons. The Morgan fingerprint density at radius 2 is 0.591 bits per heavy atom. The molecule has 2 heteroatoms. The summed E-state index contributed by atoms with van der Waals surface area (Å²) in [7, 11) is 0. The second-order valence-electron chi connectivity index (χ2n) is 11.8. The lowest BCUT2D eigenvalue weighted by Crippen LogP contribution is -2.29. The van der Waals surface area contributed by atoms with Gasteiger partial charge in [-0.1, -0.05) is 133 Å². The van der Waals surface area contributed by atoms with E-state index in [1.54, 1.807) is 0 Å². The van der Waals surface area contributed by atoms with Crippen LogP contribution in [0.15, 0.2) is 169 Å². The van der Waals surface area contributed by atoms with Crippen LogP contribution in [0.1, 0.15) is 23.0 Å². The molecule has 1 saturated carbocycles. The summed E-state index contributed by atoms with van der Waals surface area (Å²) < 4.78 is 4.84. The summed E-state index contributed by atoms with van der Waals surface area (Å²) in [4.78, 5) is 0. The topological polar surface area (TPSA) is 9.86 Å². The van der Waals surface area contributed by atoms with Gasteiger partial charge in [0.05, 0.1) is 22.1 Å². The zero-order valence-electron chi connectivity index (χ0n) is 24.2. The number of hydrogen-bond donors (Lipinski definition) is 0. The lowest BCUT2D eigenvalue weighted by molar-refractivity contribution is 0.655. The minimum atomic E-state index is 0.154. The molecule has 8 aromatic rings. The zero-order valence-corrected chi connectivity index (χ0v) is 24.2. The Morgan fingerprint density at radius 1 is 0.318 bits per heavy atom. The van der Waals surface area contributed by atoms with Gasteiger partial charge >= 0.3 is 0 Å². The molecule has 0 unspecified atom stereocenters. The molecular weight excluding hydrogens is 532 g/mol. The van der Waals surface area contributed by atoms with E-state index in [4.69, 9.17) is 0 Å². The monoisotopic (exact) mass is 562 g/mol. The summed E-state index contributed by atoms with van der Waals surface area (Å²) in [6, 6.07) is 57.1. The van der Waals surface area contributed by atoms with Crippen molar-refractivity contribution in [2.75, 3.05) is 0 Å². The van der Waals surface area contributed by atoms with E-state index in [1.807, 2.05) is 0 Å². The molecule has 0 aliphatic heterocycles. The largest absolute Gasteiger partial charge is 0.316 e. The van der Waals surface area contributed by atoms with Crippen LogP contribution in [0.2, 0.25) is 0 Å². The molecule has 208 valence electrons. The predicted molar refractivity (Wildman–Crippen MR) is 186 cm³/mol. The Morgan fingerprint density at radius 3 is 0.909 bits per heavy atom. The second-order valence-corrected chi connectivity index (χ2v) is 11.8. The summed E-state index contributed by atoms with van der Waals surface area (Å²) in [5, 5.41) is 5.14. The first-order chi connectivity index (χ1) is 21.9. The summed E-state index contributed by atoms with van der Waals surface area (Å²) in [6.07, 6.45) is 4.87. The third-order valence-corrected chi connectivity index (χ3v) is 9.39. The van der Waals surface area contributed by atoms with Gasteiger partial charge in [-0.2, -0.15) is 0 Å². The van der Waals surface area contributed by atoms with Crippen molar-refractivity contribution in [2.24, 2.45) is 0 Å². The molecule has 44 heavy (non-hydrogen) atoms. The number of para-hydroxylation sites is 4. The van der Waals surface area contributed by atoms with Gasteiger partial charge in [-0.25, -0.2) is 0 Å². The normalized spacial score (nSPS) is 16.5. The fraction of sp³-hybridized carbons (Fsp3) is 0.0476. The van der Waals surface area contributed by atoms with Crippen LogP contribution in [0.4, 0.5) is 0 Å². The third kappa shape index (κ3) is 3.74. The zero-order chi connectivity index (χ0) is 29.0. The molecule has 0 spiro atoms. The standard InChI is InChI=1S/C42H30N2/c1-3-15-29(16-4-1)41-35(27-43-37-23-11-7-19-31(37)32-20-8-12-24-38(32)43)42(30-17-5-2-6-18-30)36(41)28-44-39-25-13-9-21-33(39)34-22-10-14-26-40(34)44/h1-28,41-42H. The van der Waals surface area contributed by atoms with Gasteiger partial charge in [-0.15, -0.1) is 0 Å². The Bertz CT molecular complexity index is 2100. The van der Waals surface area contributed by atoms with Crippen molar-refractivity contribution >= 4 is 56.0 Å². The second kappa shape index (κ2) is 10.00. The smallest absolute Gasteiger partial charge is 0.0534 e. The maximum absolute atomic E-state index is 2.43. The minimum Gasteiger partial charge on any atom is -0.316 e. The van der Waals surface area contributed by atoms with Crippen molar-refractivity contribution in [3.63, 3.8) is 0 Å². The van der Waals surface area contributed by atoms with Gasteiger partial charge in [0.25, 0.3) is 0 Å². The maximum Gasteiger partial charge on any atom is 0.0534 e. The van der Waals surface area contributed by atoms with E-state index in [2.05, 4.69) is 179 Å². The van der Waals surface area contributed by atoms with Gasteiger partial charge in [-0.3, -0.25) is 0 Å². The van der Waals surface area contributed by atoms with Gasteiger partial charge in [0.1, 0.15) is 0 Å². The number of hydrogen-bond acceptors (Lipinski definition) is 0.